The Bertz CT molecular complexity index is 99.8. The fourth-order valence-corrected chi connectivity index (χ4v) is 0.838. The van der Waals surface area contributed by atoms with E-state index in [0.29, 0.717) is 26.0 Å². The molecule has 1 N–H and O–H groups in total. The molecule has 3 nitrogen and oxygen atoms in total. The molecule has 0 aliphatic carbocycles. The van der Waals surface area contributed by atoms with E-state index in [2.05, 4.69) is 11.9 Å². The van der Waals surface area contributed by atoms with Crippen molar-refractivity contribution in [3.63, 3.8) is 0 Å². The second kappa shape index (κ2) is 4.44. The average molecular weight is 143 g/mol. The van der Waals surface area contributed by atoms with Crippen LogP contribution in [0.25, 0.3) is 0 Å². The molecule has 0 bridgehead atoms. The second-order valence-electron chi connectivity index (χ2n) is 2.24. The molecule has 3 heteroatoms. The largest absolute Gasteiger partial charge is 0.376 e. The van der Waals surface area contributed by atoms with Gasteiger partial charge in [-0.3, -0.25) is 5.32 Å². The van der Waals surface area contributed by atoms with E-state index in [1.807, 2.05) is 0 Å². The highest BCUT2D eigenvalue weighted by atomic mass is 16.5. The number of ether oxygens (including phenoxy) is 2. The predicted octanol–water partition coefficient (Wildman–Crippen LogP) is 0.135. The van der Waals surface area contributed by atoms with E-state index in [0.717, 1.165) is 6.61 Å². The molecule has 58 valence electrons. The Balaban J connectivity index is 1.96. The summed E-state index contributed by atoms with van der Waals surface area (Å²) in [5, 5.41) is 3.13. The summed E-state index contributed by atoms with van der Waals surface area (Å²) in [5.41, 5.74) is 0. The van der Waals surface area contributed by atoms with Gasteiger partial charge in [0, 0.05) is 0 Å². The minimum atomic E-state index is 0.375. The van der Waals surface area contributed by atoms with E-state index >= 15 is 0 Å². The van der Waals surface area contributed by atoms with Gasteiger partial charge >= 0.3 is 0 Å². The molecule has 0 aromatic rings. The molecule has 10 heavy (non-hydrogen) atoms. The van der Waals surface area contributed by atoms with Crippen molar-refractivity contribution in [2.75, 3.05) is 26.6 Å². The van der Waals surface area contributed by atoms with E-state index in [1.165, 1.54) is 0 Å². The van der Waals surface area contributed by atoms with Crippen molar-refractivity contribution in [3.8, 4) is 0 Å². The number of hydrogen-bond acceptors (Lipinski definition) is 3. The lowest BCUT2D eigenvalue weighted by atomic mass is 10.4. The van der Waals surface area contributed by atoms with Gasteiger partial charge in [-0.15, -0.1) is 6.58 Å². The van der Waals surface area contributed by atoms with E-state index < -0.39 is 0 Å². The van der Waals surface area contributed by atoms with Gasteiger partial charge in [0.2, 0.25) is 0 Å². The smallest absolute Gasteiger partial charge is 0.0969 e. The van der Waals surface area contributed by atoms with Crippen LogP contribution in [-0.2, 0) is 9.47 Å². The van der Waals surface area contributed by atoms with Crippen LogP contribution in [-0.4, -0.2) is 32.6 Å². The van der Waals surface area contributed by atoms with Crippen molar-refractivity contribution >= 4 is 0 Å². The van der Waals surface area contributed by atoms with E-state index in [4.69, 9.17) is 9.47 Å². The van der Waals surface area contributed by atoms with Gasteiger partial charge in [0.25, 0.3) is 0 Å². The summed E-state index contributed by atoms with van der Waals surface area (Å²) in [4.78, 5) is 0. The van der Waals surface area contributed by atoms with Gasteiger partial charge < -0.3 is 9.47 Å². The number of rotatable bonds is 4. The summed E-state index contributed by atoms with van der Waals surface area (Å²) in [6.07, 6.45) is 1.75. The standard InChI is InChI=1S/C7H13NO2/c1-2-3-9-4-7-5-10-6-8-7/h2,7-8H,1,3-6H2/t7-/m0/s1. The summed E-state index contributed by atoms with van der Waals surface area (Å²) in [6, 6.07) is 0.375. The molecule has 1 rings (SSSR count). The molecule has 1 fully saturated rings. The van der Waals surface area contributed by atoms with Crippen LogP contribution in [0.15, 0.2) is 12.7 Å². The maximum atomic E-state index is 5.21. The first-order valence-electron chi connectivity index (χ1n) is 3.43. The Morgan fingerprint density at radius 2 is 2.70 bits per heavy atom. The number of nitrogens with one attached hydrogen (secondary N) is 1. The first-order chi connectivity index (χ1) is 4.93. The van der Waals surface area contributed by atoms with Crippen molar-refractivity contribution in [1.29, 1.82) is 0 Å². The molecule has 0 radical (unpaired) electrons. The maximum absolute atomic E-state index is 5.21. The lowest BCUT2D eigenvalue weighted by molar-refractivity contribution is 0.130. The van der Waals surface area contributed by atoms with E-state index in [-0.39, 0.29) is 0 Å². The summed E-state index contributed by atoms with van der Waals surface area (Å²) >= 11 is 0. The van der Waals surface area contributed by atoms with Crippen LogP contribution in [0.2, 0.25) is 0 Å². The molecule has 0 aromatic carbocycles. The second-order valence-corrected chi connectivity index (χ2v) is 2.24. The van der Waals surface area contributed by atoms with Crippen LogP contribution < -0.4 is 5.32 Å². The Morgan fingerprint density at radius 3 is 3.30 bits per heavy atom. The molecule has 0 amide bonds. The van der Waals surface area contributed by atoms with Crippen LogP contribution in [0.3, 0.4) is 0 Å². The maximum Gasteiger partial charge on any atom is 0.0969 e. The molecule has 1 aliphatic rings. The van der Waals surface area contributed by atoms with Gasteiger partial charge in [-0.2, -0.15) is 0 Å². The Labute approximate surface area is 61.0 Å². The molecule has 1 atom stereocenters. The van der Waals surface area contributed by atoms with Gasteiger partial charge in [-0.25, -0.2) is 0 Å². The van der Waals surface area contributed by atoms with Crippen LogP contribution in [0.5, 0.6) is 0 Å². The van der Waals surface area contributed by atoms with Crippen LogP contribution in [0.1, 0.15) is 0 Å². The Hall–Kier alpha value is -0.380. The zero-order valence-corrected chi connectivity index (χ0v) is 6.01. The molecule has 1 aliphatic heterocycles. The summed E-state index contributed by atoms with van der Waals surface area (Å²) in [5.74, 6) is 0. The van der Waals surface area contributed by atoms with Crippen molar-refractivity contribution in [3.05, 3.63) is 12.7 Å². The van der Waals surface area contributed by atoms with Crippen molar-refractivity contribution in [2.24, 2.45) is 0 Å². The highest BCUT2D eigenvalue weighted by molar-refractivity contribution is 4.70. The van der Waals surface area contributed by atoms with Crippen LogP contribution in [0.4, 0.5) is 0 Å². The first-order valence-corrected chi connectivity index (χ1v) is 3.43. The Morgan fingerprint density at radius 1 is 1.80 bits per heavy atom. The summed E-state index contributed by atoms with van der Waals surface area (Å²) < 4.78 is 10.3. The van der Waals surface area contributed by atoms with Crippen molar-refractivity contribution < 1.29 is 9.47 Å². The molecular formula is C7H13NO2. The molecule has 1 heterocycles. The lowest BCUT2D eigenvalue weighted by Crippen LogP contribution is -2.28. The van der Waals surface area contributed by atoms with Gasteiger partial charge in [-0.05, 0) is 0 Å². The zero-order valence-electron chi connectivity index (χ0n) is 6.01. The topological polar surface area (TPSA) is 30.5 Å². The highest BCUT2D eigenvalue weighted by Gasteiger charge is 2.13. The fraction of sp³-hybridized carbons (Fsp3) is 0.714. The third-order valence-corrected chi connectivity index (χ3v) is 1.35. The minimum Gasteiger partial charge on any atom is -0.376 e. The van der Waals surface area contributed by atoms with Crippen molar-refractivity contribution in [2.45, 2.75) is 6.04 Å². The molecule has 1 saturated heterocycles. The summed E-state index contributed by atoms with van der Waals surface area (Å²) in [7, 11) is 0. The van der Waals surface area contributed by atoms with Gasteiger partial charge in [0.05, 0.1) is 32.6 Å². The highest BCUT2D eigenvalue weighted by Crippen LogP contribution is 1.94. The quantitative estimate of drug-likeness (QED) is 0.448. The summed E-state index contributed by atoms with van der Waals surface area (Å²) in [6.45, 7) is 6.30. The van der Waals surface area contributed by atoms with E-state index in [1.54, 1.807) is 6.08 Å². The molecular weight excluding hydrogens is 130 g/mol. The van der Waals surface area contributed by atoms with Crippen LogP contribution >= 0.6 is 0 Å². The fourth-order valence-electron chi connectivity index (χ4n) is 0.838. The molecule has 0 saturated carbocycles. The lowest BCUT2D eigenvalue weighted by Gasteiger charge is -2.06. The van der Waals surface area contributed by atoms with Gasteiger partial charge in [0.15, 0.2) is 0 Å². The number of hydrogen-bond donors (Lipinski definition) is 1. The minimum absolute atomic E-state index is 0.375. The normalized spacial score (nSPS) is 25.0. The first kappa shape index (κ1) is 7.72. The molecule has 0 unspecified atom stereocenters. The third kappa shape index (κ3) is 2.47. The van der Waals surface area contributed by atoms with Gasteiger partial charge in [-0.1, -0.05) is 6.08 Å². The predicted molar refractivity (Wildman–Crippen MR) is 38.8 cm³/mol. The monoisotopic (exact) mass is 143 g/mol. The van der Waals surface area contributed by atoms with Crippen LogP contribution in [0, 0.1) is 0 Å². The van der Waals surface area contributed by atoms with Gasteiger partial charge in [0.1, 0.15) is 0 Å². The molecule has 0 aromatic heterocycles. The zero-order chi connectivity index (χ0) is 7.23. The van der Waals surface area contributed by atoms with E-state index in [9.17, 15) is 0 Å². The molecule has 0 spiro atoms. The average Bonchev–Trinajstić information content (AvgIpc) is 2.41. The Kier molecular flexibility index (Phi) is 3.43. The third-order valence-electron chi connectivity index (χ3n) is 1.35. The SMILES string of the molecule is C=CCOC[C@H]1COCN1. The van der Waals surface area contributed by atoms with Crippen molar-refractivity contribution in [1.82, 2.24) is 5.32 Å².